The van der Waals surface area contributed by atoms with Crippen molar-refractivity contribution in [2.45, 2.75) is 26.8 Å². The van der Waals surface area contributed by atoms with Gasteiger partial charge in [0, 0.05) is 23.1 Å². The number of hydrogen-bond donors (Lipinski definition) is 1. The van der Waals surface area contributed by atoms with E-state index in [1.165, 1.54) is 5.56 Å². The minimum absolute atomic E-state index is 0.185. The lowest BCUT2D eigenvalue weighted by Crippen LogP contribution is -2.42. The van der Waals surface area contributed by atoms with Crippen LogP contribution in [0.4, 0.5) is 0 Å². The molecule has 0 aliphatic rings. The first kappa shape index (κ1) is 18.6. The van der Waals surface area contributed by atoms with Gasteiger partial charge < -0.3 is 4.90 Å². The van der Waals surface area contributed by atoms with Crippen LogP contribution in [0.15, 0.2) is 53.0 Å². The first-order chi connectivity index (χ1) is 11.5. The summed E-state index contributed by atoms with van der Waals surface area (Å²) in [5.74, 6) is -0.185. The van der Waals surface area contributed by atoms with Gasteiger partial charge in [-0.15, -0.1) is 0 Å². The minimum atomic E-state index is -0.185. The van der Waals surface area contributed by atoms with E-state index in [1.54, 1.807) is 6.07 Å². The summed E-state index contributed by atoms with van der Waals surface area (Å²) in [5, 5.41) is 3.31. The second kappa shape index (κ2) is 8.94. The van der Waals surface area contributed by atoms with E-state index >= 15 is 0 Å². The van der Waals surface area contributed by atoms with Crippen LogP contribution < -0.4 is 5.32 Å². The molecule has 0 saturated heterocycles. The summed E-state index contributed by atoms with van der Waals surface area (Å²) in [6.07, 6.45) is 0.957. The molecule has 126 valence electrons. The van der Waals surface area contributed by atoms with Gasteiger partial charge in [-0.3, -0.25) is 10.1 Å². The second-order valence-electron chi connectivity index (χ2n) is 5.63. The average molecular weight is 405 g/mol. The molecule has 2 aromatic carbocycles. The summed E-state index contributed by atoms with van der Waals surface area (Å²) < 4.78 is 0.913. The van der Waals surface area contributed by atoms with Gasteiger partial charge in [-0.2, -0.15) is 0 Å². The van der Waals surface area contributed by atoms with E-state index in [4.69, 9.17) is 12.2 Å². The number of aryl methyl sites for hydroxylation is 1. The second-order valence-corrected chi connectivity index (χ2v) is 6.87. The third kappa shape index (κ3) is 5.14. The Morgan fingerprint density at radius 1 is 1.21 bits per heavy atom. The molecule has 1 N–H and O–H groups in total. The molecule has 0 aromatic heterocycles. The van der Waals surface area contributed by atoms with Gasteiger partial charge in [0.05, 0.1) is 0 Å². The van der Waals surface area contributed by atoms with Crippen LogP contribution in [0.5, 0.6) is 0 Å². The standard InChI is InChI=1S/C19H21BrN2OS/c1-3-11-22(13-15-7-5-4-6-8-15)19(24)21-18(23)16-10-9-14(2)17(20)12-16/h4-10,12H,3,11,13H2,1-2H3,(H,21,23,24). The van der Waals surface area contributed by atoms with Crippen LogP contribution in [0, 0.1) is 6.92 Å². The summed E-state index contributed by atoms with van der Waals surface area (Å²) in [7, 11) is 0. The Morgan fingerprint density at radius 3 is 2.54 bits per heavy atom. The maximum Gasteiger partial charge on any atom is 0.257 e. The fraction of sp³-hybridized carbons (Fsp3) is 0.263. The third-order valence-corrected chi connectivity index (χ3v) is 4.87. The van der Waals surface area contributed by atoms with Crippen molar-refractivity contribution in [3.63, 3.8) is 0 Å². The zero-order valence-electron chi connectivity index (χ0n) is 13.9. The van der Waals surface area contributed by atoms with Crippen LogP contribution in [-0.4, -0.2) is 22.5 Å². The number of carbonyl (C=O) groups is 1. The molecule has 5 heteroatoms. The van der Waals surface area contributed by atoms with Crippen molar-refractivity contribution in [1.29, 1.82) is 0 Å². The maximum atomic E-state index is 12.4. The van der Waals surface area contributed by atoms with Crippen molar-refractivity contribution in [3.05, 3.63) is 69.7 Å². The van der Waals surface area contributed by atoms with Gasteiger partial charge in [0.2, 0.25) is 0 Å². The van der Waals surface area contributed by atoms with Gasteiger partial charge in [-0.1, -0.05) is 59.3 Å². The lowest BCUT2D eigenvalue weighted by molar-refractivity contribution is 0.0973. The van der Waals surface area contributed by atoms with Crippen LogP contribution in [0.3, 0.4) is 0 Å². The normalized spacial score (nSPS) is 10.3. The van der Waals surface area contributed by atoms with E-state index in [0.29, 0.717) is 17.2 Å². The van der Waals surface area contributed by atoms with Crippen LogP contribution in [-0.2, 0) is 6.54 Å². The number of halogens is 1. The molecule has 0 bridgehead atoms. The molecule has 0 aliphatic carbocycles. The quantitative estimate of drug-likeness (QED) is 0.733. The molecule has 0 aliphatic heterocycles. The Hall–Kier alpha value is -1.72. The number of benzene rings is 2. The van der Waals surface area contributed by atoms with Crippen molar-refractivity contribution < 1.29 is 4.79 Å². The molecular weight excluding hydrogens is 384 g/mol. The summed E-state index contributed by atoms with van der Waals surface area (Å²) in [6, 6.07) is 15.6. The molecule has 2 rings (SSSR count). The van der Waals surface area contributed by atoms with Crippen molar-refractivity contribution >= 4 is 39.2 Å². The van der Waals surface area contributed by atoms with E-state index in [-0.39, 0.29) is 5.91 Å². The summed E-state index contributed by atoms with van der Waals surface area (Å²) in [4.78, 5) is 14.5. The summed E-state index contributed by atoms with van der Waals surface area (Å²) in [6.45, 7) is 5.57. The van der Waals surface area contributed by atoms with Gasteiger partial charge in [-0.05, 0) is 48.8 Å². The molecule has 0 saturated carbocycles. The lowest BCUT2D eigenvalue weighted by Gasteiger charge is -2.25. The molecule has 3 nitrogen and oxygen atoms in total. The number of rotatable bonds is 5. The monoisotopic (exact) mass is 404 g/mol. The molecule has 0 fully saturated rings. The predicted octanol–water partition coefficient (Wildman–Crippen LogP) is 4.68. The van der Waals surface area contributed by atoms with Crippen molar-refractivity contribution in [2.75, 3.05) is 6.54 Å². The fourth-order valence-corrected chi connectivity index (χ4v) is 2.94. The number of amides is 1. The number of nitrogens with one attached hydrogen (secondary N) is 1. The van der Waals surface area contributed by atoms with Gasteiger partial charge in [0.25, 0.3) is 5.91 Å². The third-order valence-electron chi connectivity index (χ3n) is 3.65. The molecule has 24 heavy (non-hydrogen) atoms. The highest BCUT2D eigenvalue weighted by Crippen LogP contribution is 2.17. The van der Waals surface area contributed by atoms with Gasteiger partial charge >= 0.3 is 0 Å². The highest BCUT2D eigenvalue weighted by atomic mass is 79.9. The molecule has 0 spiro atoms. The Labute approximate surface area is 157 Å². The van der Waals surface area contributed by atoms with E-state index < -0.39 is 0 Å². The number of nitrogens with zero attached hydrogens (tertiary/aromatic N) is 1. The Morgan fingerprint density at radius 2 is 1.92 bits per heavy atom. The molecule has 0 heterocycles. The van der Waals surface area contributed by atoms with Crippen molar-refractivity contribution in [2.24, 2.45) is 0 Å². The summed E-state index contributed by atoms with van der Waals surface area (Å²) >= 11 is 8.91. The van der Waals surface area contributed by atoms with Gasteiger partial charge in [0.15, 0.2) is 5.11 Å². The highest BCUT2D eigenvalue weighted by Gasteiger charge is 2.14. The smallest absolute Gasteiger partial charge is 0.257 e. The van der Waals surface area contributed by atoms with E-state index in [1.807, 2.05) is 42.2 Å². The lowest BCUT2D eigenvalue weighted by atomic mass is 10.1. The molecule has 2 aromatic rings. The summed E-state index contributed by atoms with van der Waals surface area (Å²) in [5.41, 5.74) is 2.84. The Balaban J connectivity index is 2.06. The van der Waals surface area contributed by atoms with Gasteiger partial charge in [0.1, 0.15) is 0 Å². The van der Waals surface area contributed by atoms with E-state index in [9.17, 15) is 4.79 Å². The first-order valence-electron chi connectivity index (χ1n) is 7.91. The zero-order valence-corrected chi connectivity index (χ0v) is 16.3. The van der Waals surface area contributed by atoms with Crippen molar-refractivity contribution in [1.82, 2.24) is 10.2 Å². The van der Waals surface area contributed by atoms with Crippen LogP contribution in [0.1, 0.15) is 34.8 Å². The van der Waals surface area contributed by atoms with Crippen LogP contribution in [0.2, 0.25) is 0 Å². The molecule has 0 unspecified atom stereocenters. The molecular formula is C19H21BrN2OS. The first-order valence-corrected chi connectivity index (χ1v) is 9.11. The van der Waals surface area contributed by atoms with Crippen LogP contribution in [0.25, 0.3) is 0 Å². The zero-order chi connectivity index (χ0) is 17.5. The molecule has 0 atom stereocenters. The number of thiocarbonyl (C=S) groups is 1. The van der Waals surface area contributed by atoms with Crippen LogP contribution >= 0.6 is 28.1 Å². The Bertz CT molecular complexity index is 719. The topological polar surface area (TPSA) is 32.3 Å². The average Bonchev–Trinajstić information content (AvgIpc) is 2.57. The number of carbonyl (C=O) groups excluding carboxylic acids is 1. The predicted molar refractivity (Wildman–Crippen MR) is 106 cm³/mol. The Kier molecular flexibility index (Phi) is 6.94. The fourth-order valence-electron chi connectivity index (χ4n) is 2.31. The van der Waals surface area contributed by atoms with E-state index in [0.717, 1.165) is 23.0 Å². The number of hydrogen-bond acceptors (Lipinski definition) is 2. The largest absolute Gasteiger partial charge is 0.345 e. The van der Waals surface area contributed by atoms with Gasteiger partial charge in [-0.25, -0.2) is 0 Å². The maximum absolute atomic E-state index is 12.4. The molecule has 0 radical (unpaired) electrons. The minimum Gasteiger partial charge on any atom is -0.345 e. The SMILES string of the molecule is CCCN(Cc1ccccc1)C(=S)NC(=O)c1ccc(C)c(Br)c1. The van der Waals surface area contributed by atoms with E-state index in [2.05, 4.69) is 40.3 Å². The van der Waals surface area contributed by atoms with Crippen molar-refractivity contribution in [3.8, 4) is 0 Å². The highest BCUT2D eigenvalue weighted by molar-refractivity contribution is 9.10. The molecule has 1 amide bonds.